The van der Waals surface area contributed by atoms with Gasteiger partial charge in [-0.1, -0.05) is 11.1 Å². The first-order valence-corrected chi connectivity index (χ1v) is 6.97. The fourth-order valence-electron chi connectivity index (χ4n) is 1.39. The molecule has 0 aliphatic rings. The summed E-state index contributed by atoms with van der Waals surface area (Å²) in [4.78, 5) is 33.4. The fourth-order valence-corrected chi connectivity index (χ4v) is 1.39. The molecule has 0 aliphatic heterocycles. The Hall–Kier alpha value is -2.06. The number of nitrogens with zero attached hydrogens (tertiary/aromatic N) is 2. The Labute approximate surface area is 131 Å². The molecule has 126 valence electrons. The number of hydroxylamine groups is 4. The Balaban J connectivity index is 4.72. The van der Waals surface area contributed by atoms with Crippen molar-refractivity contribution in [3.05, 3.63) is 23.5 Å². The normalized spacial score (nSPS) is 9.55. The molecule has 0 saturated carbocycles. The number of hydrogen-bond acceptors (Lipinski definition) is 8. The molecule has 8 nitrogen and oxygen atoms in total. The van der Waals surface area contributed by atoms with Crippen LogP contribution in [0.3, 0.4) is 0 Å². The Morgan fingerprint density at radius 1 is 0.818 bits per heavy atom. The van der Waals surface area contributed by atoms with Gasteiger partial charge in [-0.2, -0.15) is 0 Å². The maximum absolute atomic E-state index is 11.7. The van der Waals surface area contributed by atoms with E-state index in [9.17, 15) is 9.59 Å². The minimum Gasteiger partial charge on any atom is -0.330 e. The molecule has 0 aromatic rings. The second-order valence-electron chi connectivity index (χ2n) is 5.03. The van der Waals surface area contributed by atoms with E-state index in [1.54, 1.807) is 12.4 Å². The first-order chi connectivity index (χ1) is 10.3. The van der Waals surface area contributed by atoms with Crippen molar-refractivity contribution >= 4 is 11.9 Å². The lowest BCUT2D eigenvalue weighted by Crippen LogP contribution is -2.36. The minimum absolute atomic E-state index is 0.267. The van der Waals surface area contributed by atoms with Crippen LogP contribution in [-0.4, -0.2) is 48.2 Å². The van der Waals surface area contributed by atoms with Gasteiger partial charge >= 0.3 is 11.9 Å². The molecule has 0 unspecified atom stereocenters. The molecule has 0 rings (SSSR count). The average Bonchev–Trinajstić information content (AvgIpc) is 2.37. The van der Waals surface area contributed by atoms with E-state index in [1.165, 1.54) is 10.1 Å². The number of allylic oxidation sites excluding steroid dienone is 2. The van der Waals surface area contributed by atoms with Gasteiger partial charge in [0.05, 0.1) is 13.1 Å². The van der Waals surface area contributed by atoms with Crippen molar-refractivity contribution in [1.82, 2.24) is 10.1 Å². The van der Waals surface area contributed by atoms with Crippen LogP contribution in [0, 0.1) is 0 Å². The van der Waals surface area contributed by atoms with Crippen LogP contribution in [-0.2, 0) is 19.3 Å². The molecule has 0 atom stereocenters. The van der Waals surface area contributed by atoms with Crippen molar-refractivity contribution in [3.8, 4) is 0 Å². The molecule has 22 heavy (non-hydrogen) atoms. The highest BCUT2D eigenvalue weighted by atomic mass is 16.8. The summed E-state index contributed by atoms with van der Waals surface area (Å²) in [6, 6.07) is 0. The Kier molecular flexibility index (Phi) is 9.64. The summed E-state index contributed by atoms with van der Waals surface area (Å²) in [5.74, 6) is -2.26. The molecular formula is C14H26N4O4. The highest BCUT2D eigenvalue weighted by Crippen LogP contribution is 2.02. The summed E-state index contributed by atoms with van der Waals surface area (Å²) >= 11 is 0. The maximum atomic E-state index is 11.7. The third-order valence-corrected chi connectivity index (χ3v) is 2.07. The second-order valence-corrected chi connectivity index (χ2v) is 5.03. The largest absolute Gasteiger partial charge is 0.443 e. The molecule has 8 heteroatoms. The predicted octanol–water partition coefficient (Wildman–Crippen LogP) is 0.272. The first kappa shape index (κ1) is 19.9. The van der Waals surface area contributed by atoms with Gasteiger partial charge in [0.25, 0.3) is 0 Å². The van der Waals surface area contributed by atoms with Crippen molar-refractivity contribution in [2.24, 2.45) is 11.5 Å². The molecule has 0 amide bonds. The third-order valence-electron chi connectivity index (χ3n) is 2.07. The predicted molar refractivity (Wildman–Crippen MR) is 82.6 cm³/mol. The average molecular weight is 314 g/mol. The quantitative estimate of drug-likeness (QED) is 0.485. The van der Waals surface area contributed by atoms with Crippen LogP contribution in [0.25, 0.3) is 0 Å². The van der Waals surface area contributed by atoms with Crippen molar-refractivity contribution in [3.63, 3.8) is 0 Å². The van der Waals surface area contributed by atoms with Crippen molar-refractivity contribution in [1.29, 1.82) is 0 Å². The van der Waals surface area contributed by atoms with Crippen LogP contribution in [0.1, 0.15) is 27.7 Å². The highest BCUT2D eigenvalue weighted by molar-refractivity contribution is 6.29. The van der Waals surface area contributed by atoms with Crippen LogP contribution in [0.5, 0.6) is 0 Å². The van der Waals surface area contributed by atoms with E-state index in [0.717, 1.165) is 11.1 Å². The lowest BCUT2D eigenvalue weighted by Gasteiger charge is -2.21. The number of hydrogen-bond donors (Lipinski definition) is 2. The molecule has 0 fully saturated rings. The van der Waals surface area contributed by atoms with Crippen LogP contribution in [0.2, 0.25) is 0 Å². The smallest absolute Gasteiger partial charge is 0.330 e. The van der Waals surface area contributed by atoms with E-state index in [-0.39, 0.29) is 26.2 Å². The molecule has 0 saturated heterocycles. The molecule has 4 N–H and O–H groups in total. The number of carbonyl (C=O) groups is 2. The molecule has 0 spiro atoms. The zero-order valence-corrected chi connectivity index (χ0v) is 13.7. The van der Waals surface area contributed by atoms with E-state index >= 15 is 0 Å². The summed E-state index contributed by atoms with van der Waals surface area (Å²) in [5, 5.41) is 2.40. The summed E-state index contributed by atoms with van der Waals surface area (Å²) in [6.07, 6.45) is 3.15. The van der Waals surface area contributed by atoms with E-state index in [2.05, 4.69) is 0 Å². The summed E-state index contributed by atoms with van der Waals surface area (Å²) < 4.78 is 0. The van der Waals surface area contributed by atoms with Crippen molar-refractivity contribution < 1.29 is 19.3 Å². The highest BCUT2D eigenvalue weighted by Gasteiger charge is 2.23. The molecule has 0 aliphatic carbocycles. The lowest BCUT2D eigenvalue weighted by molar-refractivity contribution is -0.205. The van der Waals surface area contributed by atoms with Crippen LogP contribution >= 0.6 is 0 Å². The topological polar surface area (TPSA) is 111 Å². The molecule has 0 aromatic carbocycles. The van der Waals surface area contributed by atoms with Gasteiger partial charge in [-0.3, -0.25) is 0 Å². The van der Waals surface area contributed by atoms with Crippen molar-refractivity contribution in [2.75, 3.05) is 26.2 Å². The summed E-state index contributed by atoms with van der Waals surface area (Å²) in [5.41, 5.74) is 12.6. The van der Waals surface area contributed by atoms with Gasteiger partial charge in [-0.25, -0.2) is 19.7 Å². The lowest BCUT2D eigenvalue weighted by atomic mass is 10.4. The Morgan fingerprint density at radius 3 is 1.36 bits per heavy atom. The minimum atomic E-state index is -1.13. The first-order valence-electron chi connectivity index (χ1n) is 6.97. The van der Waals surface area contributed by atoms with Crippen molar-refractivity contribution in [2.45, 2.75) is 27.7 Å². The third kappa shape index (κ3) is 8.98. The van der Waals surface area contributed by atoms with Gasteiger partial charge in [0.1, 0.15) is 0 Å². The number of carbonyl (C=O) groups excluding carboxylic acids is 2. The van der Waals surface area contributed by atoms with Gasteiger partial charge < -0.3 is 21.1 Å². The maximum Gasteiger partial charge on any atom is 0.443 e. The molecule has 0 aromatic heterocycles. The standard InChI is InChI=1S/C14H26N4O4/c1-11(2)9-17(7-5-15)21-13(19)14(20)22-18(8-6-16)10-12(3)4/h9-10H,5-8,15-16H2,1-4H3. The van der Waals surface area contributed by atoms with E-state index in [1.807, 2.05) is 27.7 Å². The second kappa shape index (κ2) is 10.6. The van der Waals surface area contributed by atoms with E-state index in [4.69, 9.17) is 21.1 Å². The van der Waals surface area contributed by atoms with Crippen LogP contribution in [0.4, 0.5) is 0 Å². The van der Waals surface area contributed by atoms with E-state index < -0.39 is 11.9 Å². The monoisotopic (exact) mass is 314 g/mol. The SMILES string of the molecule is CC(C)=CN(CCN)OC(=O)C(=O)ON(C=C(C)C)CCN. The summed E-state index contributed by atoms with van der Waals surface area (Å²) in [7, 11) is 0. The van der Waals surface area contributed by atoms with Gasteiger partial charge in [-0.05, 0) is 27.7 Å². The Bertz CT molecular complexity index is 387. The van der Waals surface area contributed by atoms with Gasteiger partial charge in [0, 0.05) is 25.5 Å². The molecule has 0 heterocycles. The Morgan fingerprint density at radius 2 is 1.14 bits per heavy atom. The van der Waals surface area contributed by atoms with Crippen LogP contribution < -0.4 is 11.5 Å². The summed E-state index contributed by atoms with van der Waals surface area (Å²) in [6.45, 7) is 8.38. The van der Waals surface area contributed by atoms with Gasteiger partial charge in [0.2, 0.25) is 0 Å². The van der Waals surface area contributed by atoms with Gasteiger partial charge in [-0.15, -0.1) is 0 Å². The zero-order chi connectivity index (χ0) is 17.1. The molecule has 0 bridgehead atoms. The van der Waals surface area contributed by atoms with E-state index in [0.29, 0.717) is 0 Å². The zero-order valence-electron chi connectivity index (χ0n) is 13.7. The van der Waals surface area contributed by atoms with Crippen LogP contribution in [0.15, 0.2) is 23.5 Å². The number of rotatable bonds is 8. The molecular weight excluding hydrogens is 288 g/mol. The van der Waals surface area contributed by atoms with Gasteiger partial charge in [0.15, 0.2) is 0 Å². The number of nitrogens with two attached hydrogens (primary N) is 2. The fraction of sp³-hybridized carbons (Fsp3) is 0.571. The molecule has 0 radical (unpaired) electrons.